The zero-order valence-corrected chi connectivity index (χ0v) is 13.4. The fraction of sp³-hybridized carbons (Fsp3) is 0.429. The molecule has 0 aromatic heterocycles. The molecule has 9 heteroatoms. The summed E-state index contributed by atoms with van der Waals surface area (Å²) in [6, 6.07) is 2.60. The van der Waals surface area contributed by atoms with Gasteiger partial charge in [-0.05, 0) is 39.0 Å². The highest BCUT2D eigenvalue weighted by molar-refractivity contribution is 8.00. The second-order valence-electron chi connectivity index (χ2n) is 5.50. The molecule has 128 valence electrons. The predicted octanol–water partition coefficient (Wildman–Crippen LogP) is 2.89. The molecule has 5 nitrogen and oxygen atoms in total. The molecule has 1 amide bonds. The summed E-state index contributed by atoms with van der Waals surface area (Å²) < 4.78 is 43.2. The van der Waals surface area contributed by atoms with Crippen LogP contribution in [0.1, 0.15) is 26.3 Å². The van der Waals surface area contributed by atoms with Gasteiger partial charge in [-0.1, -0.05) is 0 Å². The first-order chi connectivity index (χ1) is 10.4. The quantitative estimate of drug-likeness (QED) is 0.845. The van der Waals surface area contributed by atoms with Crippen LogP contribution in [0.5, 0.6) is 0 Å². The van der Waals surface area contributed by atoms with Gasteiger partial charge in [-0.3, -0.25) is 5.32 Å². The summed E-state index contributed by atoms with van der Waals surface area (Å²) in [6.45, 7) is 4.89. The molecule has 1 rings (SSSR count). The normalized spacial score (nSPS) is 11.9. The van der Waals surface area contributed by atoms with Gasteiger partial charge in [-0.2, -0.15) is 13.2 Å². The first-order valence-electron chi connectivity index (χ1n) is 6.42. The minimum absolute atomic E-state index is 0.0264. The maximum atomic E-state index is 12.7. The van der Waals surface area contributed by atoms with E-state index < -0.39 is 35.2 Å². The molecule has 1 N–H and O–H groups in total. The van der Waals surface area contributed by atoms with Crippen molar-refractivity contribution in [3.63, 3.8) is 0 Å². The van der Waals surface area contributed by atoms with E-state index in [1.807, 2.05) is 0 Å². The maximum absolute atomic E-state index is 12.7. The van der Waals surface area contributed by atoms with Crippen molar-refractivity contribution in [2.45, 2.75) is 37.4 Å². The van der Waals surface area contributed by atoms with Crippen LogP contribution >= 0.6 is 11.8 Å². The highest BCUT2D eigenvalue weighted by Crippen LogP contribution is 2.35. The molecule has 0 fully saturated rings. The van der Waals surface area contributed by atoms with Crippen molar-refractivity contribution in [1.82, 2.24) is 0 Å². The van der Waals surface area contributed by atoms with Gasteiger partial charge in [0.15, 0.2) is 0 Å². The van der Waals surface area contributed by atoms with Gasteiger partial charge in [0.1, 0.15) is 5.60 Å². The summed E-state index contributed by atoms with van der Waals surface area (Å²) in [7, 11) is 0. The van der Waals surface area contributed by atoms with Crippen molar-refractivity contribution >= 4 is 29.5 Å². The molecule has 0 bridgehead atoms. The molecular formula is C14H15F3NO4S-. The largest absolute Gasteiger partial charge is 0.549 e. The van der Waals surface area contributed by atoms with E-state index in [-0.39, 0.29) is 10.6 Å². The molecule has 0 saturated carbocycles. The van der Waals surface area contributed by atoms with Crippen molar-refractivity contribution in [2.24, 2.45) is 0 Å². The summed E-state index contributed by atoms with van der Waals surface area (Å²) in [4.78, 5) is 22.2. The minimum atomic E-state index is -4.58. The molecule has 0 aliphatic rings. The highest BCUT2D eigenvalue weighted by Gasteiger charge is 2.31. The number of carboxylic acid groups (broad SMARTS) is 1. The lowest BCUT2D eigenvalue weighted by atomic mass is 10.2. The molecular weight excluding hydrogens is 335 g/mol. The second-order valence-corrected chi connectivity index (χ2v) is 6.51. The smallest absolute Gasteiger partial charge is 0.416 e. The maximum Gasteiger partial charge on any atom is 0.416 e. The lowest BCUT2D eigenvalue weighted by Gasteiger charge is -2.21. The van der Waals surface area contributed by atoms with Crippen LogP contribution in [0.4, 0.5) is 23.7 Å². The van der Waals surface area contributed by atoms with Gasteiger partial charge >= 0.3 is 12.3 Å². The molecule has 1 aromatic carbocycles. The summed E-state index contributed by atoms with van der Waals surface area (Å²) in [6.07, 6.45) is -5.44. The number of nitrogens with one attached hydrogen (secondary N) is 1. The Labute approximate surface area is 135 Å². The van der Waals surface area contributed by atoms with E-state index in [4.69, 9.17) is 4.74 Å². The number of anilines is 1. The second kappa shape index (κ2) is 7.12. The number of halogens is 3. The Hall–Kier alpha value is -1.90. The van der Waals surface area contributed by atoms with Crippen LogP contribution in [0.15, 0.2) is 23.1 Å². The van der Waals surface area contributed by atoms with Crippen molar-refractivity contribution in [2.75, 3.05) is 11.1 Å². The van der Waals surface area contributed by atoms with Crippen LogP contribution in [-0.2, 0) is 15.7 Å². The topological polar surface area (TPSA) is 78.5 Å². The van der Waals surface area contributed by atoms with Gasteiger partial charge in [0.25, 0.3) is 0 Å². The van der Waals surface area contributed by atoms with E-state index >= 15 is 0 Å². The highest BCUT2D eigenvalue weighted by atomic mass is 32.2. The van der Waals surface area contributed by atoms with Crippen molar-refractivity contribution < 1.29 is 32.6 Å². The number of carboxylic acids is 1. The van der Waals surface area contributed by atoms with E-state index in [1.165, 1.54) is 0 Å². The zero-order valence-electron chi connectivity index (χ0n) is 12.6. The van der Waals surface area contributed by atoms with Crippen LogP contribution in [0.25, 0.3) is 0 Å². The molecule has 0 unspecified atom stereocenters. The van der Waals surface area contributed by atoms with Crippen molar-refractivity contribution in [1.29, 1.82) is 0 Å². The van der Waals surface area contributed by atoms with Gasteiger partial charge < -0.3 is 14.6 Å². The number of carbonyl (C=O) groups excluding carboxylic acids is 2. The Bertz CT molecular complexity index is 597. The molecule has 0 heterocycles. The average molecular weight is 350 g/mol. The van der Waals surface area contributed by atoms with Crippen LogP contribution in [0, 0.1) is 0 Å². The Morgan fingerprint density at radius 2 is 1.87 bits per heavy atom. The van der Waals surface area contributed by atoms with E-state index in [0.717, 1.165) is 18.2 Å². The van der Waals surface area contributed by atoms with E-state index in [2.05, 4.69) is 5.32 Å². The average Bonchev–Trinajstić information content (AvgIpc) is 2.33. The van der Waals surface area contributed by atoms with E-state index in [0.29, 0.717) is 11.8 Å². The van der Waals surface area contributed by atoms with Crippen LogP contribution in [0.2, 0.25) is 0 Å². The molecule has 1 aromatic rings. The Kier molecular flexibility index (Phi) is 5.92. The number of rotatable bonds is 4. The fourth-order valence-corrected chi connectivity index (χ4v) is 2.23. The summed E-state index contributed by atoms with van der Waals surface area (Å²) in [5.74, 6) is -1.99. The van der Waals surface area contributed by atoms with Crippen LogP contribution < -0.4 is 10.4 Å². The number of hydrogen-bond acceptors (Lipinski definition) is 5. The number of benzene rings is 1. The molecule has 0 spiro atoms. The van der Waals surface area contributed by atoms with Crippen molar-refractivity contribution in [3.8, 4) is 0 Å². The van der Waals surface area contributed by atoms with Gasteiger partial charge in [0.05, 0.1) is 17.2 Å². The lowest BCUT2D eigenvalue weighted by molar-refractivity contribution is -0.301. The van der Waals surface area contributed by atoms with Crippen LogP contribution in [0.3, 0.4) is 0 Å². The minimum Gasteiger partial charge on any atom is -0.549 e. The molecule has 0 radical (unpaired) electrons. The summed E-state index contributed by atoms with van der Waals surface area (Å²) in [5.41, 5.74) is -1.71. The molecule has 0 aliphatic carbocycles. The molecule has 0 atom stereocenters. The lowest BCUT2D eigenvalue weighted by Crippen LogP contribution is -2.27. The molecule has 0 saturated heterocycles. The number of aliphatic carboxylic acids is 1. The van der Waals surface area contributed by atoms with Gasteiger partial charge in [0, 0.05) is 10.6 Å². The monoisotopic (exact) mass is 350 g/mol. The zero-order chi connectivity index (χ0) is 17.8. The van der Waals surface area contributed by atoms with Gasteiger partial charge in [0.2, 0.25) is 0 Å². The van der Waals surface area contributed by atoms with Crippen LogP contribution in [-0.4, -0.2) is 23.4 Å². The Morgan fingerprint density at radius 3 is 2.35 bits per heavy atom. The standard InChI is InChI=1S/C14H16F3NO4S/c1-13(2,3)22-12(21)18-9-5-4-8(14(15,16)17)6-10(9)23-7-11(19)20/h4-6H,7H2,1-3H3,(H,18,21)(H,19,20)/p-1. The molecule has 23 heavy (non-hydrogen) atoms. The first kappa shape index (κ1) is 19.1. The number of amides is 1. The van der Waals surface area contributed by atoms with Gasteiger partial charge in [-0.15, -0.1) is 11.8 Å². The number of thioether (sulfide) groups is 1. The number of alkyl halides is 3. The fourth-order valence-electron chi connectivity index (χ4n) is 1.47. The Balaban J connectivity index is 3.04. The predicted molar refractivity (Wildman–Crippen MR) is 77.0 cm³/mol. The number of ether oxygens (including phenoxy) is 1. The SMILES string of the molecule is CC(C)(C)OC(=O)Nc1ccc(C(F)(F)F)cc1SCC(=O)[O-]. The van der Waals surface area contributed by atoms with Gasteiger partial charge in [-0.25, -0.2) is 4.79 Å². The van der Waals surface area contributed by atoms with E-state index in [1.54, 1.807) is 20.8 Å². The summed E-state index contributed by atoms with van der Waals surface area (Å²) >= 11 is 0.613. The number of carbonyl (C=O) groups is 2. The number of hydrogen-bond donors (Lipinski definition) is 1. The van der Waals surface area contributed by atoms with E-state index in [9.17, 15) is 27.9 Å². The third kappa shape index (κ3) is 6.81. The Morgan fingerprint density at radius 1 is 1.26 bits per heavy atom. The van der Waals surface area contributed by atoms with Crippen molar-refractivity contribution in [3.05, 3.63) is 23.8 Å². The summed E-state index contributed by atoms with van der Waals surface area (Å²) in [5, 5.41) is 12.8. The molecule has 0 aliphatic heterocycles. The third-order valence-corrected chi connectivity index (χ3v) is 3.32. The first-order valence-corrected chi connectivity index (χ1v) is 7.41. The third-order valence-electron chi connectivity index (χ3n) is 2.29.